The minimum atomic E-state index is -0.862. The number of hydrogen-bond donors (Lipinski definition) is 1. The molecule has 0 saturated heterocycles. The van der Waals surface area contributed by atoms with Crippen LogP contribution in [0.3, 0.4) is 0 Å². The molecule has 0 bridgehead atoms. The lowest BCUT2D eigenvalue weighted by Gasteiger charge is -2.24. The molecule has 1 N–H and O–H groups in total. The highest BCUT2D eigenvalue weighted by atomic mass is 16.5. The van der Waals surface area contributed by atoms with Gasteiger partial charge in [-0.15, -0.1) is 0 Å². The van der Waals surface area contributed by atoms with Gasteiger partial charge in [-0.1, -0.05) is 0 Å². The summed E-state index contributed by atoms with van der Waals surface area (Å²) in [6, 6.07) is 7.24. The minimum Gasteiger partial charge on any atom is -0.491 e. The zero-order valence-electron chi connectivity index (χ0n) is 14.4. The summed E-state index contributed by atoms with van der Waals surface area (Å²) in [5.74, 6) is 0.505. The molecule has 0 unspecified atom stereocenters. The average molecular weight is 318 g/mol. The van der Waals surface area contributed by atoms with Gasteiger partial charge in [0.2, 0.25) is 11.8 Å². The van der Waals surface area contributed by atoms with E-state index in [0.717, 1.165) is 5.75 Å². The second-order valence-electron chi connectivity index (χ2n) is 6.20. The molecule has 0 spiro atoms. The van der Waals surface area contributed by atoms with Crippen molar-refractivity contribution in [1.82, 2.24) is 4.90 Å². The molecule has 1 fully saturated rings. The van der Waals surface area contributed by atoms with Gasteiger partial charge in [-0.2, -0.15) is 0 Å². The van der Waals surface area contributed by atoms with Gasteiger partial charge < -0.3 is 15.0 Å². The highest BCUT2D eigenvalue weighted by molar-refractivity contribution is 6.13. The van der Waals surface area contributed by atoms with Gasteiger partial charge in [-0.3, -0.25) is 9.59 Å². The van der Waals surface area contributed by atoms with E-state index < -0.39 is 5.41 Å². The van der Waals surface area contributed by atoms with Crippen molar-refractivity contribution in [2.24, 2.45) is 5.41 Å². The van der Waals surface area contributed by atoms with Gasteiger partial charge in [0.05, 0.1) is 6.10 Å². The third-order valence-electron chi connectivity index (χ3n) is 4.13. The van der Waals surface area contributed by atoms with Crippen molar-refractivity contribution < 1.29 is 14.3 Å². The molecule has 2 amide bonds. The molecular formula is C18H26N2O3. The van der Waals surface area contributed by atoms with E-state index in [4.69, 9.17) is 4.74 Å². The van der Waals surface area contributed by atoms with Crippen molar-refractivity contribution in [3.8, 4) is 5.75 Å². The van der Waals surface area contributed by atoms with Crippen LogP contribution in [0.25, 0.3) is 0 Å². The highest BCUT2D eigenvalue weighted by Crippen LogP contribution is 2.48. The van der Waals surface area contributed by atoms with Crippen LogP contribution in [0.15, 0.2) is 24.3 Å². The summed E-state index contributed by atoms with van der Waals surface area (Å²) in [4.78, 5) is 26.8. The zero-order chi connectivity index (χ0) is 17.0. The Kier molecular flexibility index (Phi) is 5.29. The molecule has 1 aliphatic rings. The number of rotatable bonds is 7. The molecule has 1 aromatic carbocycles. The number of carbonyl (C=O) groups excluding carboxylic acids is 2. The highest BCUT2D eigenvalue weighted by Gasteiger charge is 2.57. The smallest absolute Gasteiger partial charge is 0.240 e. The number of hydrogen-bond acceptors (Lipinski definition) is 3. The number of amides is 2. The molecular weight excluding hydrogens is 292 g/mol. The minimum absolute atomic E-state index is 0.0558. The summed E-state index contributed by atoms with van der Waals surface area (Å²) < 4.78 is 5.58. The summed E-state index contributed by atoms with van der Waals surface area (Å²) in [5.41, 5.74) is -0.177. The lowest BCUT2D eigenvalue weighted by Crippen LogP contribution is -2.42. The van der Waals surface area contributed by atoms with Crippen molar-refractivity contribution in [2.45, 2.75) is 46.6 Å². The second-order valence-corrected chi connectivity index (χ2v) is 6.20. The van der Waals surface area contributed by atoms with E-state index in [0.29, 0.717) is 31.6 Å². The van der Waals surface area contributed by atoms with Crippen molar-refractivity contribution in [1.29, 1.82) is 0 Å². The fourth-order valence-corrected chi connectivity index (χ4v) is 2.62. The maximum atomic E-state index is 12.5. The predicted molar refractivity (Wildman–Crippen MR) is 90.4 cm³/mol. The molecule has 23 heavy (non-hydrogen) atoms. The summed E-state index contributed by atoms with van der Waals surface area (Å²) in [6.07, 6.45) is 1.36. The third kappa shape index (κ3) is 3.84. The Morgan fingerprint density at radius 2 is 1.74 bits per heavy atom. The van der Waals surface area contributed by atoms with Crippen molar-refractivity contribution >= 4 is 17.5 Å². The van der Waals surface area contributed by atoms with E-state index in [-0.39, 0.29) is 17.9 Å². The topological polar surface area (TPSA) is 58.6 Å². The van der Waals surface area contributed by atoms with Gasteiger partial charge in [-0.25, -0.2) is 0 Å². The predicted octanol–water partition coefficient (Wildman–Crippen LogP) is 3.06. The Hall–Kier alpha value is -2.04. The lowest BCUT2D eigenvalue weighted by molar-refractivity contribution is -0.141. The van der Waals surface area contributed by atoms with Crippen LogP contribution in [0.5, 0.6) is 5.75 Å². The molecule has 5 heteroatoms. The first-order valence-electron chi connectivity index (χ1n) is 8.30. The molecule has 5 nitrogen and oxygen atoms in total. The summed E-state index contributed by atoms with van der Waals surface area (Å²) in [7, 11) is 0. The van der Waals surface area contributed by atoms with Crippen LogP contribution in [-0.4, -0.2) is 35.9 Å². The van der Waals surface area contributed by atoms with E-state index in [1.54, 1.807) is 17.0 Å². The van der Waals surface area contributed by atoms with Crippen molar-refractivity contribution in [3.05, 3.63) is 24.3 Å². The fourth-order valence-electron chi connectivity index (χ4n) is 2.62. The number of nitrogens with zero attached hydrogens (tertiary/aromatic N) is 1. The molecule has 0 aromatic heterocycles. The fraction of sp³-hybridized carbons (Fsp3) is 0.556. The maximum Gasteiger partial charge on any atom is 0.240 e. The Bertz CT molecular complexity index is 558. The molecule has 1 aliphatic carbocycles. The Balaban J connectivity index is 2.02. The van der Waals surface area contributed by atoms with Gasteiger partial charge in [0.1, 0.15) is 11.2 Å². The third-order valence-corrected chi connectivity index (χ3v) is 4.13. The zero-order valence-corrected chi connectivity index (χ0v) is 14.4. The van der Waals surface area contributed by atoms with Gasteiger partial charge in [-0.05, 0) is 64.8 Å². The van der Waals surface area contributed by atoms with Crippen LogP contribution >= 0.6 is 0 Å². The number of nitrogens with one attached hydrogen (secondary N) is 1. The molecule has 1 saturated carbocycles. The van der Waals surface area contributed by atoms with Crippen LogP contribution < -0.4 is 10.1 Å². The normalized spacial score (nSPS) is 15.2. The van der Waals surface area contributed by atoms with E-state index in [2.05, 4.69) is 5.32 Å². The van der Waals surface area contributed by atoms with Crippen LogP contribution in [0.1, 0.15) is 40.5 Å². The van der Waals surface area contributed by atoms with Gasteiger partial charge in [0, 0.05) is 18.8 Å². The summed E-state index contributed by atoms with van der Waals surface area (Å²) >= 11 is 0. The number of benzene rings is 1. The second kappa shape index (κ2) is 7.02. The van der Waals surface area contributed by atoms with Crippen LogP contribution in [0.2, 0.25) is 0 Å². The molecule has 0 heterocycles. The standard InChI is InChI=1S/C18H26N2O3/c1-5-20(6-2)17(22)18(11-12-18)16(21)19-14-7-9-15(10-8-14)23-13(3)4/h7-10,13H,5-6,11-12H2,1-4H3,(H,19,21). The van der Waals surface area contributed by atoms with Crippen LogP contribution in [-0.2, 0) is 9.59 Å². The Morgan fingerprint density at radius 3 is 2.17 bits per heavy atom. The first-order valence-corrected chi connectivity index (χ1v) is 8.30. The molecule has 1 aromatic rings. The van der Waals surface area contributed by atoms with Gasteiger partial charge >= 0.3 is 0 Å². The van der Waals surface area contributed by atoms with Gasteiger partial charge in [0.15, 0.2) is 0 Å². The van der Waals surface area contributed by atoms with E-state index in [1.807, 2.05) is 39.8 Å². The number of carbonyl (C=O) groups is 2. The molecule has 0 atom stereocenters. The van der Waals surface area contributed by atoms with Crippen LogP contribution in [0, 0.1) is 5.41 Å². The maximum absolute atomic E-state index is 12.5. The quantitative estimate of drug-likeness (QED) is 0.786. The van der Waals surface area contributed by atoms with E-state index in [9.17, 15) is 9.59 Å². The van der Waals surface area contributed by atoms with Crippen molar-refractivity contribution in [2.75, 3.05) is 18.4 Å². The van der Waals surface area contributed by atoms with Gasteiger partial charge in [0.25, 0.3) is 0 Å². The molecule has 0 aliphatic heterocycles. The lowest BCUT2D eigenvalue weighted by atomic mass is 10.0. The molecule has 0 radical (unpaired) electrons. The van der Waals surface area contributed by atoms with Crippen LogP contribution in [0.4, 0.5) is 5.69 Å². The van der Waals surface area contributed by atoms with E-state index >= 15 is 0 Å². The SMILES string of the molecule is CCN(CC)C(=O)C1(C(=O)Nc2ccc(OC(C)C)cc2)CC1. The average Bonchev–Trinajstić information content (AvgIpc) is 3.31. The Labute approximate surface area is 138 Å². The van der Waals surface area contributed by atoms with Crippen molar-refractivity contribution in [3.63, 3.8) is 0 Å². The summed E-state index contributed by atoms with van der Waals surface area (Å²) in [5, 5.41) is 2.87. The number of ether oxygens (including phenoxy) is 1. The number of anilines is 1. The monoisotopic (exact) mass is 318 g/mol. The largest absolute Gasteiger partial charge is 0.491 e. The first kappa shape index (κ1) is 17.3. The molecule has 126 valence electrons. The summed E-state index contributed by atoms with van der Waals surface area (Å²) in [6.45, 7) is 9.06. The molecule has 2 rings (SSSR count). The Morgan fingerprint density at radius 1 is 1.17 bits per heavy atom. The first-order chi connectivity index (χ1) is 10.9. The van der Waals surface area contributed by atoms with E-state index in [1.165, 1.54) is 0 Å².